The molecular weight excluding hydrogens is 344 g/mol. The Morgan fingerprint density at radius 2 is 1.59 bits per heavy atom. The number of unbranched alkanes of at least 4 members (excludes halogenated alkanes) is 1. The minimum absolute atomic E-state index is 0.251. The van der Waals surface area contributed by atoms with Gasteiger partial charge in [-0.2, -0.15) is 0 Å². The molecule has 1 aliphatic rings. The van der Waals surface area contributed by atoms with E-state index in [1.54, 1.807) is 31.4 Å². The summed E-state index contributed by atoms with van der Waals surface area (Å²) in [5.41, 5.74) is 1.84. The monoisotopic (exact) mass is 366 g/mol. The first-order chi connectivity index (χ1) is 13.1. The van der Waals surface area contributed by atoms with Crippen molar-refractivity contribution in [3.8, 4) is 5.75 Å². The van der Waals surface area contributed by atoms with Gasteiger partial charge in [-0.1, -0.05) is 30.3 Å². The third-order valence-electron chi connectivity index (χ3n) is 4.57. The number of carbonyl (C=O) groups excluding carboxylic acids is 3. The number of imide groups is 1. The number of benzene rings is 2. The topological polar surface area (TPSA) is 75.7 Å². The Morgan fingerprint density at radius 1 is 0.963 bits per heavy atom. The van der Waals surface area contributed by atoms with Gasteiger partial charge in [-0.05, 0) is 43.0 Å². The summed E-state index contributed by atoms with van der Waals surface area (Å²) in [4.78, 5) is 37.6. The van der Waals surface area contributed by atoms with Crippen molar-refractivity contribution in [1.82, 2.24) is 10.2 Å². The van der Waals surface area contributed by atoms with Gasteiger partial charge < -0.3 is 10.1 Å². The average Bonchev–Trinajstić information content (AvgIpc) is 2.93. The van der Waals surface area contributed by atoms with Gasteiger partial charge in [-0.25, -0.2) is 0 Å². The molecule has 2 aromatic rings. The standard InChI is InChI=1S/C21H22N2O4/c1-27-18-12-5-2-8-15(18)9-6-7-13-22-19(24)14-23-20(25)16-10-3-4-11-17(16)21(23)26/h2-5,8,10-12H,6-7,9,13-14H2,1H3,(H,22,24). The quantitative estimate of drug-likeness (QED) is 0.575. The molecule has 2 aromatic carbocycles. The highest BCUT2D eigenvalue weighted by Gasteiger charge is 2.36. The molecule has 0 spiro atoms. The number of nitrogens with zero attached hydrogens (tertiary/aromatic N) is 1. The van der Waals surface area contributed by atoms with Gasteiger partial charge in [0, 0.05) is 6.54 Å². The number of hydrogen-bond acceptors (Lipinski definition) is 4. The Kier molecular flexibility index (Phi) is 5.86. The second-order valence-electron chi connectivity index (χ2n) is 6.36. The van der Waals surface area contributed by atoms with Crippen LogP contribution < -0.4 is 10.1 Å². The van der Waals surface area contributed by atoms with E-state index < -0.39 is 11.8 Å². The van der Waals surface area contributed by atoms with Gasteiger partial charge in [0.05, 0.1) is 18.2 Å². The maximum absolute atomic E-state index is 12.2. The van der Waals surface area contributed by atoms with E-state index in [0.29, 0.717) is 17.7 Å². The lowest BCUT2D eigenvalue weighted by Gasteiger charge is -2.13. The van der Waals surface area contributed by atoms with Crippen LogP contribution in [0, 0.1) is 0 Å². The molecule has 0 aliphatic carbocycles. The van der Waals surface area contributed by atoms with Crippen molar-refractivity contribution in [3.05, 3.63) is 65.2 Å². The van der Waals surface area contributed by atoms with Crippen molar-refractivity contribution in [2.24, 2.45) is 0 Å². The fourth-order valence-electron chi connectivity index (χ4n) is 3.16. The predicted molar refractivity (Wildman–Crippen MR) is 101 cm³/mol. The highest BCUT2D eigenvalue weighted by molar-refractivity contribution is 6.22. The Labute approximate surface area is 158 Å². The smallest absolute Gasteiger partial charge is 0.262 e. The van der Waals surface area contributed by atoms with Crippen LogP contribution in [0.2, 0.25) is 0 Å². The van der Waals surface area contributed by atoms with Crippen LogP contribution in [-0.2, 0) is 11.2 Å². The number of fused-ring (bicyclic) bond motifs is 1. The molecule has 140 valence electrons. The molecule has 0 radical (unpaired) electrons. The zero-order chi connectivity index (χ0) is 19.2. The largest absolute Gasteiger partial charge is 0.496 e. The third-order valence-corrected chi connectivity index (χ3v) is 4.57. The van der Waals surface area contributed by atoms with E-state index >= 15 is 0 Å². The van der Waals surface area contributed by atoms with E-state index in [4.69, 9.17) is 4.74 Å². The third kappa shape index (κ3) is 4.16. The number of carbonyl (C=O) groups is 3. The summed E-state index contributed by atoms with van der Waals surface area (Å²) >= 11 is 0. The van der Waals surface area contributed by atoms with Crippen molar-refractivity contribution < 1.29 is 19.1 Å². The summed E-state index contributed by atoms with van der Waals surface area (Å²) in [5, 5.41) is 2.78. The van der Waals surface area contributed by atoms with Crippen LogP contribution >= 0.6 is 0 Å². The van der Waals surface area contributed by atoms with Gasteiger partial charge in [0.2, 0.25) is 5.91 Å². The first kappa shape index (κ1) is 18.6. The van der Waals surface area contributed by atoms with E-state index in [0.717, 1.165) is 35.5 Å². The zero-order valence-corrected chi connectivity index (χ0v) is 15.2. The summed E-state index contributed by atoms with van der Waals surface area (Å²) < 4.78 is 5.32. The number of nitrogens with one attached hydrogen (secondary N) is 1. The van der Waals surface area contributed by atoms with Crippen molar-refractivity contribution >= 4 is 17.7 Å². The molecule has 0 saturated heterocycles. The number of methoxy groups -OCH3 is 1. The van der Waals surface area contributed by atoms with Crippen LogP contribution in [0.5, 0.6) is 5.75 Å². The first-order valence-corrected chi connectivity index (χ1v) is 8.95. The Hall–Kier alpha value is -3.15. The molecule has 1 heterocycles. The lowest BCUT2D eigenvalue weighted by molar-refractivity contribution is -0.121. The lowest BCUT2D eigenvalue weighted by Crippen LogP contribution is -2.40. The molecule has 0 saturated carbocycles. The fourth-order valence-corrected chi connectivity index (χ4v) is 3.16. The number of hydrogen-bond donors (Lipinski definition) is 1. The first-order valence-electron chi connectivity index (χ1n) is 8.95. The molecule has 0 atom stereocenters. The molecule has 27 heavy (non-hydrogen) atoms. The summed E-state index contributed by atoms with van der Waals surface area (Å²) in [7, 11) is 1.65. The number of amides is 3. The Morgan fingerprint density at radius 3 is 2.26 bits per heavy atom. The summed E-state index contributed by atoms with van der Waals surface area (Å²) in [5.74, 6) is -0.294. The average molecular weight is 366 g/mol. The summed E-state index contributed by atoms with van der Waals surface area (Å²) in [6.45, 7) is 0.246. The molecule has 0 fully saturated rings. The van der Waals surface area contributed by atoms with Gasteiger partial charge in [-0.3, -0.25) is 19.3 Å². The molecule has 0 aromatic heterocycles. The molecule has 0 bridgehead atoms. The number of aryl methyl sites for hydroxylation is 1. The fraction of sp³-hybridized carbons (Fsp3) is 0.286. The molecule has 3 amide bonds. The van der Waals surface area contributed by atoms with Gasteiger partial charge in [0.25, 0.3) is 11.8 Å². The SMILES string of the molecule is COc1ccccc1CCCCNC(=O)CN1C(=O)c2ccccc2C1=O. The highest BCUT2D eigenvalue weighted by Crippen LogP contribution is 2.22. The van der Waals surface area contributed by atoms with Crippen LogP contribution in [0.4, 0.5) is 0 Å². The predicted octanol–water partition coefficient (Wildman–Crippen LogP) is 2.43. The van der Waals surface area contributed by atoms with Crippen molar-refractivity contribution in [1.29, 1.82) is 0 Å². The van der Waals surface area contributed by atoms with Gasteiger partial charge in [0.1, 0.15) is 12.3 Å². The highest BCUT2D eigenvalue weighted by atomic mass is 16.5. The van der Waals surface area contributed by atoms with Crippen LogP contribution in [0.1, 0.15) is 39.1 Å². The van der Waals surface area contributed by atoms with Crippen LogP contribution in [0.25, 0.3) is 0 Å². The van der Waals surface area contributed by atoms with Crippen molar-refractivity contribution in [3.63, 3.8) is 0 Å². The molecule has 1 aliphatic heterocycles. The van der Waals surface area contributed by atoms with Gasteiger partial charge >= 0.3 is 0 Å². The lowest BCUT2D eigenvalue weighted by atomic mass is 10.1. The molecule has 1 N–H and O–H groups in total. The van der Waals surface area contributed by atoms with E-state index in [9.17, 15) is 14.4 Å². The van der Waals surface area contributed by atoms with E-state index in [1.165, 1.54) is 0 Å². The van der Waals surface area contributed by atoms with E-state index in [-0.39, 0.29) is 12.5 Å². The maximum atomic E-state index is 12.2. The second kappa shape index (κ2) is 8.49. The number of rotatable bonds is 8. The molecule has 6 nitrogen and oxygen atoms in total. The minimum Gasteiger partial charge on any atom is -0.496 e. The summed E-state index contributed by atoms with van der Waals surface area (Å²) in [6.07, 6.45) is 2.55. The van der Waals surface area contributed by atoms with E-state index in [2.05, 4.69) is 5.32 Å². The van der Waals surface area contributed by atoms with Gasteiger partial charge in [0.15, 0.2) is 0 Å². The zero-order valence-electron chi connectivity index (χ0n) is 15.2. The van der Waals surface area contributed by atoms with Crippen molar-refractivity contribution in [2.45, 2.75) is 19.3 Å². The molecule has 6 heteroatoms. The number of ether oxygens (including phenoxy) is 1. The minimum atomic E-state index is -0.415. The van der Waals surface area contributed by atoms with Crippen LogP contribution in [0.15, 0.2) is 48.5 Å². The maximum Gasteiger partial charge on any atom is 0.262 e. The van der Waals surface area contributed by atoms with Crippen molar-refractivity contribution in [2.75, 3.05) is 20.2 Å². The van der Waals surface area contributed by atoms with E-state index in [1.807, 2.05) is 24.3 Å². The Bertz CT molecular complexity index is 828. The Balaban J connectivity index is 1.42. The summed E-state index contributed by atoms with van der Waals surface area (Å²) in [6, 6.07) is 14.5. The molecular formula is C21H22N2O4. The van der Waals surface area contributed by atoms with Crippen LogP contribution in [0.3, 0.4) is 0 Å². The second-order valence-corrected chi connectivity index (χ2v) is 6.36. The molecule has 0 unspecified atom stereocenters. The number of para-hydroxylation sites is 1. The normalized spacial score (nSPS) is 12.9. The van der Waals surface area contributed by atoms with Gasteiger partial charge in [-0.15, -0.1) is 0 Å². The molecule has 3 rings (SSSR count). The van der Waals surface area contributed by atoms with Crippen LogP contribution in [-0.4, -0.2) is 42.8 Å².